The van der Waals surface area contributed by atoms with Crippen molar-refractivity contribution in [2.45, 2.75) is 88.4 Å². The number of nitrogens with one attached hydrogen (secondary N) is 2. The molecule has 53 heavy (non-hydrogen) atoms. The SMILES string of the molecule is COC(=O)C1(NCc2ccc(-c3cn(CCCCCCCCC(=O)NOC(c4ccccc4)(c4ccccc4)c4ccccc4)nn3)cc2F)CCC1. The van der Waals surface area contributed by atoms with Crippen LogP contribution in [0.4, 0.5) is 4.39 Å². The van der Waals surface area contributed by atoms with Gasteiger partial charge in [-0.25, -0.2) is 9.87 Å². The maximum absolute atomic E-state index is 15.0. The van der Waals surface area contributed by atoms with Crippen molar-refractivity contribution in [2.24, 2.45) is 0 Å². The van der Waals surface area contributed by atoms with Gasteiger partial charge in [0.15, 0.2) is 5.60 Å². The molecule has 0 spiro atoms. The number of rotatable bonds is 19. The number of carbonyl (C=O) groups excluding carboxylic acids is 2. The van der Waals surface area contributed by atoms with Crippen molar-refractivity contribution in [1.82, 2.24) is 25.8 Å². The van der Waals surface area contributed by atoms with Crippen molar-refractivity contribution >= 4 is 11.9 Å². The number of methoxy groups -OCH3 is 1. The zero-order valence-corrected chi connectivity index (χ0v) is 30.3. The topological polar surface area (TPSA) is 107 Å². The van der Waals surface area contributed by atoms with E-state index in [4.69, 9.17) is 9.57 Å². The summed E-state index contributed by atoms with van der Waals surface area (Å²) in [5, 5.41) is 11.7. The van der Waals surface area contributed by atoms with E-state index >= 15 is 0 Å². The summed E-state index contributed by atoms with van der Waals surface area (Å²) in [7, 11) is 1.38. The van der Waals surface area contributed by atoms with E-state index in [0.29, 0.717) is 36.1 Å². The van der Waals surface area contributed by atoms with Gasteiger partial charge in [-0.1, -0.05) is 134 Å². The van der Waals surface area contributed by atoms with Gasteiger partial charge in [-0.3, -0.25) is 24.4 Å². The van der Waals surface area contributed by atoms with Crippen LogP contribution in [0.3, 0.4) is 0 Å². The summed E-state index contributed by atoms with van der Waals surface area (Å²) >= 11 is 0. The molecule has 1 aromatic heterocycles. The van der Waals surface area contributed by atoms with Gasteiger partial charge in [0.1, 0.15) is 17.1 Å². The van der Waals surface area contributed by atoms with E-state index in [1.54, 1.807) is 10.7 Å². The highest BCUT2D eigenvalue weighted by molar-refractivity contribution is 5.82. The Bertz CT molecular complexity index is 1820. The van der Waals surface area contributed by atoms with E-state index < -0.39 is 11.1 Å². The zero-order chi connectivity index (χ0) is 36.9. The third-order valence-corrected chi connectivity index (χ3v) is 10.2. The molecule has 0 saturated heterocycles. The Labute approximate surface area is 310 Å². The number of hydrogen-bond acceptors (Lipinski definition) is 7. The summed E-state index contributed by atoms with van der Waals surface area (Å²) in [6.07, 6.45) is 10.3. The molecule has 5 aromatic rings. The third-order valence-electron chi connectivity index (χ3n) is 10.2. The Kier molecular flexibility index (Phi) is 12.8. The van der Waals surface area contributed by atoms with Crippen LogP contribution in [0.1, 0.15) is 86.5 Å². The maximum atomic E-state index is 15.0. The van der Waals surface area contributed by atoms with Gasteiger partial charge in [0, 0.05) is 30.6 Å². The average Bonchev–Trinajstić information content (AvgIpc) is 3.66. The van der Waals surface area contributed by atoms with Crippen LogP contribution >= 0.6 is 0 Å². The molecule has 1 heterocycles. The molecular weight excluding hydrogens is 670 g/mol. The highest BCUT2D eigenvalue weighted by atomic mass is 19.1. The molecule has 1 saturated carbocycles. The number of amides is 1. The summed E-state index contributed by atoms with van der Waals surface area (Å²) in [5.74, 6) is -0.794. The van der Waals surface area contributed by atoms with E-state index in [1.165, 1.54) is 13.2 Å². The molecule has 1 aliphatic carbocycles. The van der Waals surface area contributed by atoms with Gasteiger partial charge >= 0.3 is 5.97 Å². The van der Waals surface area contributed by atoms with Crippen molar-refractivity contribution in [2.75, 3.05) is 7.11 Å². The minimum Gasteiger partial charge on any atom is -0.468 e. The number of ether oxygens (including phenoxy) is 1. The Morgan fingerprint density at radius 1 is 0.811 bits per heavy atom. The largest absolute Gasteiger partial charge is 0.468 e. The van der Waals surface area contributed by atoms with Crippen LogP contribution in [0.25, 0.3) is 11.3 Å². The lowest BCUT2D eigenvalue weighted by Crippen LogP contribution is -2.57. The number of unbranched alkanes of at least 4 members (excludes halogenated alkanes) is 5. The zero-order valence-electron chi connectivity index (χ0n) is 30.3. The predicted molar refractivity (Wildman–Crippen MR) is 202 cm³/mol. The van der Waals surface area contributed by atoms with Crippen LogP contribution in [0, 0.1) is 5.82 Å². The van der Waals surface area contributed by atoms with Gasteiger partial charge in [0.2, 0.25) is 5.91 Å². The number of esters is 1. The Morgan fingerprint density at radius 2 is 1.40 bits per heavy atom. The van der Waals surface area contributed by atoms with E-state index in [0.717, 1.165) is 68.2 Å². The normalized spacial score (nSPS) is 13.6. The summed E-state index contributed by atoms with van der Waals surface area (Å²) in [6, 6.07) is 34.9. The third kappa shape index (κ3) is 9.07. The lowest BCUT2D eigenvalue weighted by atomic mass is 9.76. The molecule has 0 atom stereocenters. The van der Waals surface area contributed by atoms with Crippen molar-refractivity contribution in [1.29, 1.82) is 0 Å². The van der Waals surface area contributed by atoms with Gasteiger partial charge in [0.05, 0.1) is 13.3 Å². The second-order valence-electron chi connectivity index (χ2n) is 13.7. The highest BCUT2D eigenvalue weighted by Gasteiger charge is 2.45. The number of aryl methyl sites for hydroxylation is 1. The van der Waals surface area contributed by atoms with Crippen molar-refractivity contribution in [3.8, 4) is 11.3 Å². The fraction of sp³-hybridized carbons (Fsp3) is 0.349. The number of benzene rings is 4. The predicted octanol–water partition coefficient (Wildman–Crippen LogP) is 8.04. The first kappa shape index (κ1) is 37.6. The molecule has 276 valence electrons. The quantitative estimate of drug-likeness (QED) is 0.0386. The maximum Gasteiger partial charge on any atom is 0.326 e. The van der Waals surface area contributed by atoms with Crippen LogP contribution in [-0.2, 0) is 37.9 Å². The van der Waals surface area contributed by atoms with Crippen molar-refractivity contribution in [3.63, 3.8) is 0 Å². The molecule has 1 amide bonds. The average molecular weight is 718 g/mol. The summed E-state index contributed by atoms with van der Waals surface area (Å²) < 4.78 is 21.7. The monoisotopic (exact) mass is 717 g/mol. The molecule has 10 heteroatoms. The highest BCUT2D eigenvalue weighted by Crippen LogP contribution is 2.40. The second kappa shape index (κ2) is 18.0. The molecular formula is C43H48FN5O4. The first-order chi connectivity index (χ1) is 25.9. The lowest BCUT2D eigenvalue weighted by Gasteiger charge is -2.39. The summed E-state index contributed by atoms with van der Waals surface area (Å²) in [4.78, 5) is 31.6. The summed E-state index contributed by atoms with van der Waals surface area (Å²) in [5.41, 5.74) is 5.61. The first-order valence-corrected chi connectivity index (χ1v) is 18.6. The van der Waals surface area contributed by atoms with Gasteiger partial charge in [-0.2, -0.15) is 0 Å². The fourth-order valence-electron chi connectivity index (χ4n) is 6.98. The van der Waals surface area contributed by atoms with Crippen LogP contribution in [0.15, 0.2) is 115 Å². The second-order valence-corrected chi connectivity index (χ2v) is 13.7. The Morgan fingerprint density at radius 3 is 1.94 bits per heavy atom. The van der Waals surface area contributed by atoms with Gasteiger partial charge in [0.25, 0.3) is 0 Å². The van der Waals surface area contributed by atoms with Gasteiger partial charge in [-0.05, 0) is 54.9 Å². The molecule has 6 rings (SSSR count). The van der Waals surface area contributed by atoms with Crippen LogP contribution < -0.4 is 10.8 Å². The number of nitrogens with zero attached hydrogens (tertiary/aromatic N) is 3. The molecule has 9 nitrogen and oxygen atoms in total. The van der Waals surface area contributed by atoms with Crippen molar-refractivity contribution < 1.29 is 23.6 Å². The molecule has 0 radical (unpaired) electrons. The van der Waals surface area contributed by atoms with Crippen molar-refractivity contribution in [3.05, 3.63) is 143 Å². The molecule has 0 bridgehead atoms. The minimum atomic E-state index is -1.00. The molecule has 1 fully saturated rings. The van der Waals surface area contributed by atoms with E-state index in [1.807, 2.05) is 103 Å². The number of halogens is 1. The van der Waals surface area contributed by atoms with Gasteiger partial charge in [-0.15, -0.1) is 5.10 Å². The molecule has 0 unspecified atom stereocenters. The minimum absolute atomic E-state index is 0.147. The Balaban J connectivity index is 0.913. The first-order valence-electron chi connectivity index (χ1n) is 18.6. The number of hydroxylamine groups is 1. The molecule has 0 aliphatic heterocycles. The molecule has 1 aliphatic rings. The van der Waals surface area contributed by atoms with Crippen LogP contribution in [0.2, 0.25) is 0 Å². The van der Waals surface area contributed by atoms with E-state index in [9.17, 15) is 14.0 Å². The van der Waals surface area contributed by atoms with Crippen LogP contribution in [0.5, 0.6) is 0 Å². The Hall–Kier alpha value is -5.19. The standard InChI is InChI=1S/C43H48FN5O4/c1-52-41(51)42(27-17-28-42)45-31-34-26-25-33(30-38(34)44)39-32-49(48-46-39)29-16-5-3-2-4-15-24-40(50)47-53-43(35-18-9-6-10-19-35,36-20-11-7-12-21-36)37-22-13-8-14-23-37/h6-14,18-23,25-26,30,32,45H,2-5,15-17,24,27-29,31H2,1H3,(H,47,50). The molecule has 2 N–H and O–H groups in total. The molecule has 4 aromatic carbocycles. The smallest absolute Gasteiger partial charge is 0.326 e. The fourth-order valence-corrected chi connectivity index (χ4v) is 6.98. The van der Waals surface area contributed by atoms with Crippen LogP contribution in [-0.4, -0.2) is 39.5 Å². The van der Waals surface area contributed by atoms with Gasteiger partial charge < -0.3 is 4.74 Å². The number of hydrogen-bond donors (Lipinski definition) is 2. The number of aromatic nitrogens is 3. The lowest BCUT2D eigenvalue weighted by molar-refractivity contribution is -0.152. The number of carbonyl (C=O) groups is 2. The van der Waals surface area contributed by atoms with E-state index in [-0.39, 0.29) is 24.2 Å². The summed E-state index contributed by atoms with van der Waals surface area (Å²) in [6.45, 7) is 0.966. The van der Waals surface area contributed by atoms with E-state index in [2.05, 4.69) is 21.1 Å².